The third kappa shape index (κ3) is 5.43. The second kappa shape index (κ2) is 9.15. The van der Waals surface area contributed by atoms with Crippen LogP contribution in [0.2, 0.25) is 0 Å². The number of carbonyl (C=O) groups is 1. The number of aryl methyl sites for hydroxylation is 1. The van der Waals surface area contributed by atoms with Crippen LogP contribution in [0.4, 0.5) is 4.39 Å². The summed E-state index contributed by atoms with van der Waals surface area (Å²) in [4.78, 5) is 14.4. The van der Waals surface area contributed by atoms with Gasteiger partial charge < -0.3 is 14.4 Å². The van der Waals surface area contributed by atoms with Crippen LogP contribution in [0.3, 0.4) is 0 Å². The molecule has 0 saturated carbocycles. The summed E-state index contributed by atoms with van der Waals surface area (Å²) in [6.07, 6.45) is 3.12. The van der Waals surface area contributed by atoms with Gasteiger partial charge in [0.1, 0.15) is 12.4 Å². The number of benzene rings is 2. The zero-order valence-corrected chi connectivity index (χ0v) is 15.6. The molecule has 0 aliphatic carbocycles. The Morgan fingerprint density at radius 2 is 1.88 bits per heavy atom. The summed E-state index contributed by atoms with van der Waals surface area (Å²) in [6, 6.07) is 9.96. The number of rotatable bonds is 8. The van der Waals surface area contributed by atoms with Crippen molar-refractivity contribution in [3.8, 4) is 11.5 Å². The number of ether oxygens (including phenoxy) is 2. The molecule has 0 saturated heterocycles. The number of nitrogens with zero attached hydrogens (tertiary/aromatic N) is 1. The Bertz CT molecular complexity index is 800. The van der Waals surface area contributed by atoms with Crippen LogP contribution in [0.5, 0.6) is 11.5 Å². The van der Waals surface area contributed by atoms with E-state index >= 15 is 0 Å². The lowest BCUT2D eigenvalue weighted by Gasteiger charge is -2.13. The number of methoxy groups -OCH3 is 1. The Hall–Kier alpha value is -2.66. The quantitative estimate of drug-likeness (QED) is 0.529. The molecule has 26 heavy (non-hydrogen) atoms. The highest BCUT2D eigenvalue weighted by Crippen LogP contribution is 2.23. The molecule has 2 aromatic carbocycles. The number of carbonyl (C=O) groups excluding carboxylic acids is 1. The molecule has 0 aromatic heterocycles. The predicted octanol–water partition coefficient (Wildman–Crippen LogP) is 3.98. The molecule has 0 atom stereocenters. The zero-order chi connectivity index (χ0) is 19.1. The minimum absolute atomic E-state index is 0.112. The fourth-order valence-electron chi connectivity index (χ4n) is 2.35. The molecule has 0 unspecified atom stereocenters. The fourth-order valence-corrected chi connectivity index (χ4v) is 2.35. The molecule has 0 spiro atoms. The molecule has 0 heterocycles. The summed E-state index contributed by atoms with van der Waals surface area (Å²) in [5.74, 6) is -0.0227. The van der Waals surface area contributed by atoms with Gasteiger partial charge in [-0.05, 0) is 63.5 Å². The summed E-state index contributed by atoms with van der Waals surface area (Å²) in [5, 5.41) is 0. The normalized spacial score (nSPS) is 11.2. The van der Waals surface area contributed by atoms with Gasteiger partial charge in [-0.15, -0.1) is 0 Å². The van der Waals surface area contributed by atoms with Crippen molar-refractivity contribution in [2.45, 2.75) is 6.92 Å². The van der Waals surface area contributed by atoms with E-state index in [0.29, 0.717) is 12.4 Å². The van der Waals surface area contributed by atoms with Gasteiger partial charge in [0.15, 0.2) is 17.3 Å². The van der Waals surface area contributed by atoms with Crippen molar-refractivity contribution in [3.63, 3.8) is 0 Å². The fraction of sp³-hybridized carbons (Fsp3) is 0.286. The highest BCUT2D eigenvalue weighted by Gasteiger charge is 2.09. The molecule has 2 rings (SSSR count). The molecule has 0 amide bonds. The molecule has 0 radical (unpaired) electrons. The number of hydrogen-bond donors (Lipinski definition) is 0. The highest BCUT2D eigenvalue weighted by atomic mass is 19.1. The van der Waals surface area contributed by atoms with Gasteiger partial charge >= 0.3 is 0 Å². The largest absolute Gasteiger partial charge is 0.494 e. The molecule has 5 heteroatoms. The zero-order valence-electron chi connectivity index (χ0n) is 15.6. The van der Waals surface area contributed by atoms with Gasteiger partial charge in [-0.25, -0.2) is 4.39 Å². The molecule has 0 aliphatic heterocycles. The maximum atomic E-state index is 13.8. The van der Waals surface area contributed by atoms with Gasteiger partial charge in [0.05, 0.1) is 7.11 Å². The molecular weight excluding hydrogens is 333 g/mol. The van der Waals surface area contributed by atoms with Crippen molar-refractivity contribution >= 4 is 11.9 Å². The van der Waals surface area contributed by atoms with Crippen LogP contribution in [0.15, 0.2) is 42.5 Å². The SMILES string of the molecule is COc1ccc(C(=O)C=Cc2cc(C)ccc2OCCN(C)C)cc1F. The van der Waals surface area contributed by atoms with E-state index in [2.05, 4.69) is 0 Å². The number of halogens is 1. The van der Waals surface area contributed by atoms with Crippen molar-refractivity contribution in [1.29, 1.82) is 0 Å². The molecule has 2 aromatic rings. The van der Waals surface area contributed by atoms with E-state index in [1.807, 2.05) is 44.1 Å². The monoisotopic (exact) mass is 357 g/mol. The topological polar surface area (TPSA) is 38.8 Å². The van der Waals surface area contributed by atoms with Gasteiger partial charge in [-0.1, -0.05) is 11.6 Å². The Morgan fingerprint density at radius 1 is 1.15 bits per heavy atom. The molecule has 0 N–H and O–H groups in total. The van der Waals surface area contributed by atoms with Crippen molar-refractivity contribution in [3.05, 3.63) is 65.0 Å². The van der Waals surface area contributed by atoms with Crippen LogP contribution >= 0.6 is 0 Å². The molecule has 0 aliphatic rings. The van der Waals surface area contributed by atoms with E-state index in [4.69, 9.17) is 9.47 Å². The second-order valence-electron chi connectivity index (χ2n) is 6.24. The third-order valence-corrected chi connectivity index (χ3v) is 3.81. The van der Waals surface area contributed by atoms with E-state index in [1.54, 1.807) is 12.1 Å². The minimum atomic E-state index is -0.560. The Morgan fingerprint density at radius 3 is 2.54 bits per heavy atom. The van der Waals surface area contributed by atoms with E-state index in [0.717, 1.165) is 17.7 Å². The predicted molar refractivity (Wildman–Crippen MR) is 102 cm³/mol. The van der Waals surface area contributed by atoms with E-state index in [9.17, 15) is 9.18 Å². The van der Waals surface area contributed by atoms with Gasteiger partial charge in [0.2, 0.25) is 0 Å². The van der Waals surface area contributed by atoms with Crippen molar-refractivity contribution in [1.82, 2.24) is 4.90 Å². The Labute approximate surface area is 153 Å². The van der Waals surface area contributed by atoms with Crippen LogP contribution in [0, 0.1) is 12.7 Å². The summed E-state index contributed by atoms with van der Waals surface area (Å²) in [7, 11) is 5.34. The van der Waals surface area contributed by atoms with Crippen molar-refractivity contribution in [2.24, 2.45) is 0 Å². The first kappa shape index (κ1) is 19.7. The van der Waals surface area contributed by atoms with Crippen LogP contribution in [0.25, 0.3) is 6.08 Å². The molecule has 4 nitrogen and oxygen atoms in total. The smallest absolute Gasteiger partial charge is 0.185 e. The number of allylic oxidation sites excluding steroid dienone is 1. The maximum Gasteiger partial charge on any atom is 0.185 e. The average Bonchev–Trinajstić information content (AvgIpc) is 2.60. The van der Waals surface area contributed by atoms with E-state index in [1.165, 1.54) is 25.3 Å². The first-order chi connectivity index (χ1) is 12.4. The first-order valence-electron chi connectivity index (χ1n) is 8.35. The summed E-state index contributed by atoms with van der Waals surface area (Å²) < 4.78 is 24.4. The molecule has 0 fully saturated rings. The van der Waals surface area contributed by atoms with Crippen molar-refractivity contribution in [2.75, 3.05) is 34.4 Å². The lowest BCUT2D eigenvalue weighted by Crippen LogP contribution is -2.19. The average molecular weight is 357 g/mol. The number of ketones is 1. The van der Waals surface area contributed by atoms with Crippen LogP contribution in [0.1, 0.15) is 21.5 Å². The lowest BCUT2D eigenvalue weighted by atomic mass is 10.1. The van der Waals surface area contributed by atoms with Crippen LogP contribution < -0.4 is 9.47 Å². The van der Waals surface area contributed by atoms with Crippen LogP contribution in [-0.4, -0.2) is 45.0 Å². The summed E-state index contributed by atoms with van der Waals surface area (Å²) in [6.45, 7) is 3.32. The Kier molecular flexibility index (Phi) is 6.92. The highest BCUT2D eigenvalue weighted by molar-refractivity contribution is 6.07. The Balaban J connectivity index is 2.16. The number of hydrogen-bond acceptors (Lipinski definition) is 4. The van der Waals surface area contributed by atoms with Crippen LogP contribution in [-0.2, 0) is 0 Å². The van der Waals surface area contributed by atoms with Gasteiger partial charge in [0.25, 0.3) is 0 Å². The second-order valence-corrected chi connectivity index (χ2v) is 6.24. The number of likely N-dealkylation sites (N-methyl/N-ethyl adjacent to an activating group) is 1. The molecule has 0 bridgehead atoms. The first-order valence-corrected chi connectivity index (χ1v) is 8.35. The van der Waals surface area contributed by atoms with Gasteiger partial charge in [-0.2, -0.15) is 0 Å². The third-order valence-electron chi connectivity index (χ3n) is 3.81. The van der Waals surface area contributed by atoms with Gasteiger partial charge in [-0.3, -0.25) is 4.79 Å². The summed E-state index contributed by atoms with van der Waals surface area (Å²) in [5.41, 5.74) is 2.14. The standard InChI is InChI=1S/C21H24FNO3/c1-15-5-9-20(26-12-11-23(2)3)17(13-15)6-8-19(24)16-7-10-21(25-4)18(22)14-16/h5-10,13-14H,11-12H2,1-4H3. The minimum Gasteiger partial charge on any atom is -0.494 e. The van der Waals surface area contributed by atoms with E-state index in [-0.39, 0.29) is 17.1 Å². The molecule has 138 valence electrons. The lowest BCUT2D eigenvalue weighted by molar-refractivity contribution is 0.104. The van der Waals surface area contributed by atoms with Crippen molar-refractivity contribution < 1.29 is 18.7 Å². The molecular formula is C21H24FNO3. The summed E-state index contributed by atoms with van der Waals surface area (Å²) >= 11 is 0. The maximum absolute atomic E-state index is 13.8. The van der Waals surface area contributed by atoms with E-state index < -0.39 is 5.82 Å². The van der Waals surface area contributed by atoms with Gasteiger partial charge in [0, 0.05) is 17.7 Å².